The third-order valence-corrected chi connectivity index (χ3v) is 4.51. The molecule has 5 heteroatoms. The van der Waals surface area contributed by atoms with Crippen LogP contribution < -0.4 is 10.6 Å². The average Bonchev–Trinajstić information content (AvgIpc) is 2.97. The monoisotopic (exact) mass is 328 g/mol. The number of thiocarbonyl (C=S) groups is 1. The molecule has 1 aromatic carbocycles. The van der Waals surface area contributed by atoms with Crippen molar-refractivity contribution in [2.75, 3.05) is 5.32 Å². The van der Waals surface area contributed by atoms with Crippen LogP contribution in [-0.4, -0.2) is 20.9 Å². The van der Waals surface area contributed by atoms with Crippen LogP contribution in [0.4, 0.5) is 5.82 Å². The maximum atomic E-state index is 5.40. The highest BCUT2D eigenvalue weighted by atomic mass is 32.1. The van der Waals surface area contributed by atoms with Crippen molar-refractivity contribution in [3.8, 4) is 0 Å². The summed E-state index contributed by atoms with van der Waals surface area (Å²) < 4.78 is 1.93. The quantitative estimate of drug-likeness (QED) is 0.836. The summed E-state index contributed by atoms with van der Waals surface area (Å²) in [6.07, 6.45) is 8.34. The Morgan fingerprint density at radius 3 is 2.65 bits per heavy atom. The molecule has 1 aromatic heterocycles. The molecule has 1 fully saturated rings. The van der Waals surface area contributed by atoms with Crippen molar-refractivity contribution in [2.24, 2.45) is 0 Å². The van der Waals surface area contributed by atoms with E-state index in [2.05, 4.69) is 46.9 Å². The van der Waals surface area contributed by atoms with E-state index in [1.54, 1.807) is 0 Å². The van der Waals surface area contributed by atoms with E-state index in [9.17, 15) is 0 Å². The molecule has 1 saturated carbocycles. The number of aromatic nitrogens is 2. The van der Waals surface area contributed by atoms with Crippen molar-refractivity contribution < 1.29 is 0 Å². The van der Waals surface area contributed by atoms with Crippen molar-refractivity contribution in [2.45, 2.75) is 51.6 Å². The molecule has 2 N–H and O–H groups in total. The summed E-state index contributed by atoms with van der Waals surface area (Å²) in [6.45, 7) is 2.87. The van der Waals surface area contributed by atoms with Gasteiger partial charge in [-0.1, -0.05) is 49.1 Å². The zero-order chi connectivity index (χ0) is 16.1. The zero-order valence-corrected chi connectivity index (χ0v) is 14.4. The Morgan fingerprint density at radius 2 is 1.91 bits per heavy atom. The van der Waals surface area contributed by atoms with E-state index in [1.165, 1.54) is 43.2 Å². The number of rotatable bonds is 4. The number of anilines is 1. The number of aryl methyl sites for hydroxylation is 1. The van der Waals surface area contributed by atoms with Gasteiger partial charge in [0.2, 0.25) is 0 Å². The Kier molecular flexibility index (Phi) is 5.28. The van der Waals surface area contributed by atoms with Gasteiger partial charge in [0.05, 0.1) is 6.54 Å². The molecule has 23 heavy (non-hydrogen) atoms. The molecule has 0 amide bonds. The summed E-state index contributed by atoms with van der Waals surface area (Å²) in [5.74, 6) is 0.797. The van der Waals surface area contributed by atoms with Crippen LogP contribution in [0.15, 0.2) is 36.5 Å². The molecule has 0 atom stereocenters. The molecule has 0 aliphatic heterocycles. The third kappa shape index (κ3) is 4.79. The smallest absolute Gasteiger partial charge is 0.172 e. The minimum Gasteiger partial charge on any atom is -0.360 e. The van der Waals surface area contributed by atoms with Gasteiger partial charge in [-0.15, -0.1) is 0 Å². The van der Waals surface area contributed by atoms with Gasteiger partial charge in [-0.05, 0) is 37.5 Å². The van der Waals surface area contributed by atoms with E-state index in [-0.39, 0.29) is 0 Å². The van der Waals surface area contributed by atoms with E-state index in [0.29, 0.717) is 11.2 Å². The van der Waals surface area contributed by atoms with Crippen molar-refractivity contribution in [3.05, 3.63) is 47.7 Å². The fraction of sp³-hybridized carbons (Fsp3) is 0.444. The van der Waals surface area contributed by atoms with E-state index in [4.69, 9.17) is 12.2 Å². The summed E-state index contributed by atoms with van der Waals surface area (Å²) >= 11 is 5.40. The van der Waals surface area contributed by atoms with Crippen molar-refractivity contribution >= 4 is 23.1 Å². The molecule has 0 bridgehead atoms. The van der Waals surface area contributed by atoms with Gasteiger partial charge < -0.3 is 10.6 Å². The minimum absolute atomic E-state index is 0.512. The summed E-state index contributed by atoms with van der Waals surface area (Å²) in [6, 6.07) is 11.0. The largest absolute Gasteiger partial charge is 0.360 e. The number of benzene rings is 1. The van der Waals surface area contributed by atoms with Crippen LogP contribution in [0.1, 0.15) is 43.2 Å². The predicted octanol–water partition coefficient (Wildman–Crippen LogP) is 3.86. The van der Waals surface area contributed by atoms with E-state index < -0.39 is 0 Å². The number of hydrogen-bond donors (Lipinski definition) is 2. The van der Waals surface area contributed by atoms with Crippen molar-refractivity contribution in [1.29, 1.82) is 0 Å². The summed E-state index contributed by atoms with van der Waals surface area (Å²) in [5.41, 5.74) is 2.52. The van der Waals surface area contributed by atoms with E-state index >= 15 is 0 Å². The molecule has 3 rings (SSSR count). The molecule has 0 spiro atoms. The lowest BCUT2D eigenvalue weighted by molar-refractivity contribution is 0.415. The van der Waals surface area contributed by atoms with Gasteiger partial charge in [0.1, 0.15) is 0 Å². The minimum atomic E-state index is 0.512. The maximum Gasteiger partial charge on any atom is 0.172 e. The Hall–Kier alpha value is -1.88. The third-order valence-electron chi connectivity index (χ3n) is 4.29. The number of nitrogens with zero attached hydrogens (tertiary/aromatic N) is 2. The highest BCUT2D eigenvalue weighted by Gasteiger charge is 2.14. The Bertz CT molecular complexity index is 641. The van der Waals surface area contributed by atoms with Crippen LogP contribution >= 0.6 is 12.2 Å². The van der Waals surface area contributed by atoms with E-state index in [1.807, 2.05) is 16.9 Å². The number of nitrogens with one attached hydrogen (secondary N) is 2. The highest BCUT2D eigenvalue weighted by Crippen LogP contribution is 2.17. The summed E-state index contributed by atoms with van der Waals surface area (Å²) in [7, 11) is 0. The van der Waals surface area contributed by atoms with Gasteiger partial charge in [0.25, 0.3) is 0 Å². The molecule has 1 aliphatic carbocycles. The molecule has 2 aromatic rings. The molecule has 1 heterocycles. The van der Waals surface area contributed by atoms with Gasteiger partial charge in [-0.3, -0.25) is 4.68 Å². The van der Waals surface area contributed by atoms with E-state index in [0.717, 1.165) is 12.4 Å². The molecule has 1 aliphatic rings. The van der Waals surface area contributed by atoms with Gasteiger partial charge >= 0.3 is 0 Å². The lowest BCUT2D eigenvalue weighted by Crippen LogP contribution is -2.38. The second-order valence-corrected chi connectivity index (χ2v) is 6.73. The average molecular weight is 328 g/mol. The van der Waals surface area contributed by atoms with Crippen LogP contribution in [0.2, 0.25) is 0 Å². The Morgan fingerprint density at radius 1 is 1.17 bits per heavy atom. The first-order valence-electron chi connectivity index (χ1n) is 8.35. The first kappa shape index (κ1) is 16.0. The van der Waals surface area contributed by atoms with Crippen LogP contribution in [-0.2, 0) is 6.54 Å². The normalized spacial score (nSPS) is 15.3. The first-order valence-corrected chi connectivity index (χ1v) is 8.76. The second-order valence-electron chi connectivity index (χ2n) is 6.32. The summed E-state index contributed by atoms with van der Waals surface area (Å²) in [5, 5.41) is 11.8. The second kappa shape index (κ2) is 7.59. The van der Waals surface area contributed by atoms with Gasteiger partial charge in [0.15, 0.2) is 10.9 Å². The molecular weight excluding hydrogens is 304 g/mol. The fourth-order valence-electron chi connectivity index (χ4n) is 2.98. The Labute approximate surface area is 143 Å². The van der Waals surface area contributed by atoms with Gasteiger partial charge in [-0.25, -0.2) is 0 Å². The number of hydrogen-bond acceptors (Lipinski definition) is 2. The van der Waals surface area contributed by atoms with Crippen LogP contribution in [0.25, 0.3) is 0 Å². The predicted molar refractivity (Wildman–Crippen MR) is 98.7 cm³/mol. The fourth-order valence-corrected chi connectivity index (χ4v) is 3.25. The molecule has 122 valence electrons. The molecular formula is C18H24N4S. The zero-order valence-electron chi connectivity index (χ0n) is 13.6. The van der Waals surface area contributed by atoms with Crippen LogP contribution in [0.5, 0.6) is 0 Å². The SMILES string of the molecule is Cc1ccc(Cn2ccc(NC(=S)NC3CCCCC3)n2)cc1. The maximum absolute atomic E-state index is 5.40. The van der Waals surface area contributed by atoms with Gasteiger partial charge in [0, 0.05) is 18.3 Å². The lowest BCUT2D eigenvalue weighted by Gasteiger charge is -2.24. The molecule has 0 radical (unpaired) electrons. The highest BCUT2D eigenvalue weighted by molar-refractivity contribution is 7.80. The van der Waals surface area contributed by atoms with Crippen molar-refractivity contribution in [1.82, 2.24) is 15.1 Å². The van der Waals surface area contributed by atoms with Crippen LogP contribution in [0, 0.1) is 6.92 Å². The van der Waals surface area contributed by atoms with Crippen LogP contribution in [0.3, 0.4) is 0 Å². The Balaban J connectivity index is 1.52. The standard InChI is InChI=1S/C18H24N4S/c1-14-7-9-15(10-8-14)13-22-12-11-17(21-22)20-18(23)19-16-5-3-2-4-6-16/h7-12,16H,2-6,13H2,1H3,(H2,19,20,21,23). The molecule has 0 saturated heterocycles. The van der Waals surface area contributed by atoms with Crippen molar-refractivity contribution in [3.63, 3.8) is 0 Å². The van der Waals surface area contributed by atoms with Gasteiger partial charge in [-0.2, -0.15) is 5.10 Å². The summed E-state index contributed by atoms with van der Waals surface area (Å²) in [4.78, 5) is 0. The molecule has 4 nitrogen and oxygen atoms in total. The lowest BCUT2D eigenvalue weighted by atomic mass is 9.96. The first-order chi connectivity index (χ1) is 11.2. The molecule has 0 unspecified atom stereocenters. The topological polar surface area (TPSA) is 41.9 Å².